The number of morpholine rings is 1. The number of hydrogen-bond acceptors (Lipinski definition) is 6. The van der Waals surface area contributed by atoms with E-state index in [0.717, 1.165) is 12.2 Å². The van der Waals surface area contributed by atoms with Crippen molar-refractivity contribution >= 4 is 28.1 Å². The van der Waals surface area contributed by atoms with E-state index in [1.165, 1.54) is 30.5 Å². The Kier molecular flexibility index (Phi) is 5.10. The zero-order chi connectivity index (χ0) is 22.2. The highest BCUT2D eigenvalue weighted by molar-refractivity contribution is 5.99. The van der Waals surface area contributed by atoms with Crippen LogP contribution in [0.1, 0.15) is 6.92 Å². The molecule has 0 radical (unpaired) electrons. The van der Waals surface area contributed by atoms with Crippen molar-refractivity contribution in [2.24, 2.45) is 0 Å². The monoisotopic (exact) mass is 437 g/mol. The number of benzene rings is 1. The van der Waals surface area contributed by atoms with Gasteiger partial charge in [-0.2, -0.15) is 0 Å². The maximum atomic E-state index is 14.4. The number of nitrogens with zero attached hydrogens (tertiary/aromatic N) is 3. The van der Waals surface area contributed by atoms with Gasteiger partial charge in [0.05, 0.1) is 52.9 Å². The molecule has 164 valence electrons. The number of fused-ring (bicyclic) bond motifs is 1. The summed E-state index contributed by atoms with van der Waals surface area (Å²) in [4.78, 5) is 13.7. The van der Waals surface area contributed by atoms with Crippen LogP contribution in [0.2, 0.25) is 0 Å². The molecule has 1 unspecified atom stereocenters. The zero-order valence-corrected chi connectivity index (χ0v) is 17.3. The van der Waals surface area contributed by atoms with E-state index < -0.39 is 11.6 Å². The highest BCUT2D eigenvalue weighted by Crippen LogP contribution is 2.36. The van der Waals surface area contributed by atoms with Gasteiger partial charge in [-0.1, -0.05) is 6.07 Å². The van der Waals surface area contributed by atoms with Crippen LogP contribution in [0.25, 0.3) is 22.2 Å². The number of anilines is 3. The first-order valence-corrected chi connectivity index (χ1v) is 10.2. The molecule has 0 amide bonds. The highest BCUT2D eigenvalue weighted by atomic mass is 19.1. The SMILES string of the molecule is CC1COCCN1c1ccc(Nc2cc(-c3c(F)cccc3F)nc3c[nH]c(O)c23)nc1. The summed E-state index contributed by atoms with van der Waals surface area (Å²) >= 11 is 0. The van der Waals surface area contributed by atoms with Gasteiger partial charge in [-0.3, -0.25) is 0 Å². The first-order valence-electron chi connectivity index (χ1n) is 10.2. The van der Waals surface area contributed by atoms with Crippen LogP contribution in [0.15, 0.2) is 48.8 Å². The fraction of sp³-hybridized carbons (Fsp3) is 0.217. The molecule has 1 fully saturated rings. The van der Waals surface area contributed by atoms with Crippen LogP contribution in [0.5, 0.6) is 5.88 Å². The number of ether oxygens (including phenoxy) is 1. The van der Waals surface area contributed by atoms with E-state index in [-0.39, 0.29) is 23.2 Å². The van der Waals surface area contributed by atoms with Gasteiger partial charge in [-0.25, -0.2) is 18.7 Å². The summed E-state index contributed by atoms with van der Waals surface area (Å²) in [5, 5.41) is 13.8. The molecule has 1 atom stereocenters. The Labute approximate surface area is 182 Å². The van der Waals surface area contributed by atoms with Gasteiger partial charge < -0.3 is 25.0 Å². The number of hydrogen-bond donors (Lipinski definition) is 3. The van der Waals surface area contributed by atoms with Crippen LogP contribution < -0.4 is 10.2 Å². The minimum Gasteiger partial charge on any atom is -0.494 e. The molecule has 3 aromatic heterocycles. The number of nitrogens with one attached hydrogen (secondary N) is 2. The smallest absolute Gasteiger partial charge is 0.200 e. The summed E-state index contributed by atoms with van der Waals surface area (Å²) in [5.74, 6) is -1.02. The van der Waals surface area contributed by atoms with Crippen molar-refractivity contribution in [2.75, 3.05) is 30.0 Å². The van der Waals surface area contributed by atoms with Crippen molar-refractivity contribution in [1.82, 2.24) is 15.0 Å². The van der Waals surface area contributed by atoms with Crippen LogP contribution in [-0.4, -0.2) is 45.9 Å². The molecule has 0 spiro atoms. The summed E-state index contributed by atoms with van der Waals surface area (Å²) < 4.78 is 34.2. The first-order chi connectivity index (χ1) is 15.5. The number of aromatic amines is 1. The summed E-state index contributed by atoms with van der Waals surface area (Å²) in [6.07, 6.45) is 3.24. The minimum atomic E-state index is -0.718. The molecule has 7 nitrogen and oxygen atoms in total. The van der Waals surface area contributed by atoms with Crippen molar-refractivity contribution in [3.8, 4) is 17.1 Å². The average Bonchev–Trinajstić information content (AvgIpc) is 3.16. The van der Waals surface area contributed by atoms with Gasteiger partial charge >= 0.3 is 0 Å². The Balaban J connectivity index is 1.52. The maximum Gasteiger partial charge on any atom is 0.200 e. The van der Waals surface area contributed by atoms with Crippen LogP contribution in [-0.2, 0) is 4.74 Å². The van der Waals surface area contributed by atoms with Crippen molar-refractivity contribution in [2.45, 2.75) is 13.0 Å². The highest BCUT2D eigenvalue weighted by Gasteiger charge is 2.20. The van der Waals surface area contributed by atoms with E-state index in [0.29, 0.717) is 35.6 Å². The van der Waals surface area contributed by atoms with Gasteiger partial charge in [0.2, 0.25) is 0 Å². The van der Waals surface area contributed by atoms with E-state index in [4.69, 9.17) is 4.74 Å². The maximum absolute atomic E-state index is 14.4. The molecule has 0 aliphatic carbocycles. The number of H-pyrrole nitrogens is 1. The lowest BCUT2D eigenvalue weighted by atomic mass is 10.1. The Hall–Kier alpha value is -3.72. The molecule has 0 bridgehead atoms. The summed E-state index contributed by atoms with van der Waals surface area (Å²) in [6, 6.07) is 9.17. The molecule has 1 saturated heterocycles. The summed E-state index contributed by atoms with van der Waals surface area (Å²) in [7, 11) is 0. The molecule has 3 N–H and O–H groups in total. The van der Waals surface area contributed by atoms with Crippen molar-refractivity contribution in [3.05, 3.63) is 60.4 Å². The lowest BCUT2D eigenvalue weighted by molar-refractivity contribution is 0.0989. The van der Waals surface area contributed by atoms with Gasteiger partial charge in [0, 0.05) is 18.8 Å². The van der Waals surface area contributed by atoms with Crippen molar-refractivity contribution in [3.63, 3.8) is 0 Å². The predicted molar refractivity (Wildman–Crippen MR) is 118 cm³/mol. The van der Waals surface area contributed by atoms with Gasteiger partial charge in [-0.15, -0.1) is 0 Å². The van der Waals surface area contributed by atoms with Gasteiger partial charge in [0.15, 0.2) is 5.88 Å². The van der Waals surface area contributed by atoms with Crippen LogP contribution in [0.3, 0.4) is 0 Å². The molecule has 32 heavy (non-hydrogen) atoms. The number of rotatable bonds is 4. The molecule has 4 aromatic rings. The van der Waals surface area contributed by atoms with Gasteiger partial charge in [-0.05, 0) is 37.3 Å². The minimum absolute atomic E-state index is 0.102. The van der Waals surface area contributed by atoms with Crippen LogP contribution in [0.4, 0.5) is 26.0 Å². The Bertz CT molecular complexity index is 1260. The molecule has 1 aliphatic heterocycles. The third kappa shape index (κ3) is 3.60. The van der Waals surface area contributed by atoms with E-state index >= 15 is 0 Å². The third-order valence-electron chi connectivity index (χ3n) is 5.56. The molecule has 1 aliphatic rings. The van der Waals surface area contributed by atoms with E-state index in [2.05, 4.69) is 32.1 Å². The summed E-state index contributed by atoms with van der Waals surface area (Å²) in [6.45, 7) is 4.21. The number of aromatic nitrogens is 3. The molecular formula is C23H21F2N5O2. The van der Waals surface area contributed by atoms with E-state index in [9.17, 15) is 13.9 Å². The number of pyridine rings is 2. The molecule has 5 rings (SSSR count). The van der Waals surface area contributed by atoms with Crippen LogP contribution >= 0.6 is 0 Å². The normalized spacial score (nSPS) is 16.5. The molecular weight excluding hydrogens is 416 g/mol. The second-order valence-corrected chi connectivity index (χ2v) is 7.69. The fourth-order valence-corrected chi connectivity index (χ4v) is 3.97. The van der Waals surface area contributed by atoms with Gasteiger partial charge in [0.25, 0.3) is 0 Å². The Morgan fingerprint density at radius 2 is 2.03 bits per heavy atom. The first kappa shape index (κ1) is 20.2. The quantitative estimate of drug-likeness (QED) is 0.433. The zero-order valence-electron chi connectivity index (χ0n) is 17.3. The lowest BCUT2D eigenvalue weighted by Gasteiger charge is -2.35. The standard InChI is InChI=1S/C23H21F2N5O2/c1-13-12-32-8-7-30(13)14-5-6-20(26-10-14)29-18-9-17(21-15(24)3-2-4-16(21)25)28-19-11-27-23(31)22(18)19/h2-6,9-11,13,27,31H,7-8,12H2,1H3,(H,26,29). The molecule has 1 aromatic carbocycles. The second kappa shape index (κ2) is 8.08. The van der Waals surface area contributed by atoms with Crippen LogP contribution in [0, 0.1) is 11.6 Å². The number of halogens is 2. The molecule has 4 heterocycles. The number of aromatic hydroxyl groups is 1. The van der Waals surface area contributed by atoms with Gasteiger partial charge in [0.1, 0.15) is 17.5 Å². The van der Waals surface area contributed by atoms with E-state index in [1.807, 2.05) is 12.1 Å². The lowest BCUT2D eigenvalue weighted by Crippen LogP contribution is -2.43. The molecule has 0 saturated carbocycles. The van der Waals surface area contributed by atoms with Crippen molar-refractivity contribution in [1.29, 1.82) is 0 Å². The third-order valence-corrected chi connectivity index (χ3v) is 5.56. The topological polar surface area (TPSA) is 86.3 Å². The summed E-state index contributed by atoms with van der Waals surface area (Å²) in [5.41, 5.74) is 1.64. The Morgan fingerprint density at radius 3 is 2.75 bits per heavy atom. The average molecular weight is 437 g/mol. The van der Waals surface area contributed by atoms with E-state index in [1.54, 1.807) is 6.20 Å². The fourth-order valence-electron chi connectivity index (χ4n) is 3.97. The Morgan fingerprint density at radius 1 is 1.22 bits per heavy atom. The largest absolute Gasteiger partial charge is 0.494 e. The van der Waals surface area contributed by atoms with Crippen molar-refractivity contribution < 1.29 is 18.6 Å². The predicted octanol–water partition coefficient (Wildman–Crippen LogP) is 4.58. The second-order valence-electron chi connectivity index (χ2n) is 7.69. The molecule has 9 heteroatoms.